The van der Waals surface area contributed by atoms with Crippen molar-refractivity contribution in [2.45, 2.75) is 36.7 Å². The van der Waals surface area contributed by atoms with Gasteiger partial charge in [0.2, 0.25) is 10.0 Å². The van der Waals surface area contributed by atoms with Crippen LogP contribution < -0.4 is 15.4 Å². The molecule has 3 heterocycles. The van der Waals surface area contributed by atoms with Gasteiger partial charge in [-0.1, -0.05) is 18.2 Å². The third kappa shape index (κ3) is 4.17. The Kier molecular flexibility index (Phi) is 5.84. The summed E-state index contributed by atoms with van der Waals surface area (Å²) in [7, 11) is -3.71. The number of anilines is 1. The molecule has 1 aliphatic carbocycles. The zero-order valence-electron chi connectivity index (χ0n) is 18.8. The van der Waals surface area contributed by atoms with Gasteiger partial charge in [0.15, 0.2) is 5.65 Å². The molecule has 178 valence electrons. The lowest BCUT2D eigenvalue weighted by atomic mass is 10.0. The zero-order chi connectivity index (χ0) is 23.9. The van der Waals surface area contributed by atoms with Crippen LogP contribution in [0.1, 0.15) is 19.8 Å². The van der Waals surface area contributed by atoms with Crippen LogP contribution in [-0.2, 0) is 14.8 Å². The standard InChI is InChI=1S/C23H27N7O3S/c1-15-14-33-11-10-29(15)22-12-18(19-13-26-30(23(19)27-22)21(25)8-9-24)17-4-2-3-5-20(17)34(31,32)28-16-6-7-16/h2-5,8-9,12-13,15-16,24,28H,6-7,10-11,14,25H2,1H3/t15-/m1/s1. The first-order valence-electron chi connectivity index (χ1n) is 11.2. The number of ether oxygens (including phenoxy) is 1. The maximum atomic E-state index is 13.2. The SMILES string of the molecule is C[C@@H]1COCCN1c1cc(-c2ccccc2S(=O)(=O)NC2CC2)c2cnn(C(N)=CC=N)c2n1. The van der Waals surface area contributed by atoms with Gasteiger partial charge in [-0.05, 0) is 43.5 Å². The molecule has 4 N–H and O–H groups in total. The fourth-order valence-electron chi connectivity index (χ4n) is 4.18. The predicted octanol–water partition coefficient (Wildman–Crippen LogP) is 2.17. The Hall–Kier alpha value is -3.28. The highest BCUT2D eigenvalue weighted by molar-refractivity contribution is 7.89. The largest absolute Gasteiger partial charge is 0.384 e. The van der Waals surface area contributed by atoms with Crippen molar-refractivity contribution in [1.29, 1.82) is 5.41 Å². The maximum Gasteiger partial charge on any atom is 0.241 e. The van der Waals surface area contributed by atoms with Crippen molar-refractivity contribution in [3.63, 3.8) is 0 Å². The number of nitrogens with two attached hydrogens (primary N) is 1. The number of benzene rings is 1. The molecule has 5 rings (SSSR count). The van der Waals surface area contributed by atoms with Gasteiger partial charge in [0.05, 0.1) is 30.3 Å². The number of nitrogens with one attached hydrogen (secondary N) is 2. The van der Waals surface area contributed by atoms with Crippen LogP contribution in [0.25, 0.3) is 28.0 Å². The van der Waals surface area contributed by atoms with Crippen LogP contribution in [0.15, 0.2) is 47.5 Å². The Labute approximate surface area is 198 Å². The highest BCUT2D eigenvalue weighted by Crippen LogP contribution is 2.36. The number of morpholine rings is 1. The van der Waals surface area contributed by atoms with Gasteiger partial charge in [0.1, 0.15) is 11.6 Å². The van der Waals surface area contributed by atoms with E-state index < -0.39 is 10.0 Å². The van der Waals surface area contributed by atoms with E-state index in [-0.39, 0.29) is 22.8 Å². The van der Waals surface area contributed by atoms with Gasteiger partial charge in [-0.25, -0.2) is 18.1 Å². The van der Waals surface area contributed by atoms with E-state index in [1.54, 1.807) is 24.4 Å². The van der Waals surface area contributed by atoms with Crippen LogP contribution >= 0.6 is 0 Å². The number of hydrogen-bond acceptors (Lipinski definition) is 8. The van der Waals surface area contributed by atoms with Gasteiger partial charge >= 0.3 is 0 Å². The Balaban J connectivity index is 1.74. The molecule has 11 heteroatoms. The Morgan fingerprint density at radius 1 is 1.29 bits per heavy atom. The molecule has 2 fully saturated rings. The summed E-state index contributed by atoms with van der Waals surface area (Å²) in [6, 6.07) is 8.97. The maximum absolute atomic E-state index is 13.2. The molecule has 34 heavy (non-hydrogen) atoms. The minimum atomic E-state index is -3.71. The van der Waals surface area contributed by atoms with Gasteiger partial charge < -0.3 is 20.8 Å². The van der Waals surface area contributed by atoms with Gasteiger partial charge in [-0.15, -0.1) is 0 Å². The number of pyridine rings is 1. The van der Waals surface area contributed by atoms with Gasteiger partial charge in [0.25, 0.3) is 0 Å². The van der Waals surface area contributed by atoms with Crippen LogP contribution in [0, 0.1) is 5.41 Å². The van der Waals surface area contributed by atoms with E-state index in [9.17, 15) is 8.42 Å². The number of fused-ring (bicyclic) bond motifs is 1. The normalized spacial score (nSPS) is 19.5. The summed E-state index contributed by atoms with van der Waals surface area (Å²) >= 11 is 0. The molecule has 0 radical (unpaired) electrons. The van der Waals surface area contributed by atoms with E-state index >= 15 is 0 Å². The fourth-order valence-corrected chi connectivity index (χ4v) is 5.70. The number of sulfonamides is 1. The minimum absolute atomic E-state index is 0.00548. The summed E-state index contributed by atoms with van der Waals surface area (Å²) in [6.45, 7) is 3.86. The third-order valence-electron chi connectivity index (χ3n) is 6.05. The summed E-state index contributed by atoms with van der Waals surface area (Å²) in [5.74, 6) is 0.928. The molecule has 1 aromatic carbocycles. The average molecular weight is 482 g/mol. The van der Waals surface area contributed by atoms with Crippen molar-refractivity contribution in [1.82, 2.24) is 19.5 Å². The number of nitrogens with zero attached hydrogens (tertiary/aromatic N) is 4. The van der Waals surface area contributed by atoms with E-state index in [0.717, 1.165) is 19.1 Å². The molecule has 1 aliphatic heterocycles. The number of allylic oxidation sites excluding steroid dienone is 1. The predicted molar refractivity (Wildman–Crippen MR) is 131 cm³/mol. The van der Waals surface area contributed by atoms with Gasteiger partial charge in [-0.2, -0.15) is 9.78 Å². The molecule has 0 amide bonds. The van der Waals surface area contributed by atoms with Crippen molar-refractivity contribution in [3.8, 4) is 11.1 Å². The van der Waals surface area contributed by atoms with E-state index in [4.69, 9.17) is 20.9 Å². The first kappa shape index (κ1) is 22.5. The van der Waals surface area contributed by atoms with E-state index in [1.807, 2.05) is 12.1 Å². The summed E-state index contributed by atoms with van der Waals surface area (Å²) in [4.78, 5) is 7.21. The smallest absolute Gasteiger partial charge is 0.241 e. The Bertz CT molecular complexity index is 1380. The molecule has 3 aromatic rings. The first-order valence-corrected chi connectivity index (χ1v) is 12.7. The molecule has 10 nitrogen and oxygen atoms in total. The van der Waals surface area contributed by atoms with Gasteiger partial charge in [0, 0.05) is 29.8 Å². The quantitative estimate of drug-likeness (QED) is 0.440. The number of hydrogen-bond donors (Lipinski definition) is 3. The highest BCUT2D eigenvalue weighted by atomic mass is 32.2. The monoisotopic (exact) mass is 481 g/mol. The van der Waals surface area contributed by atoms with E-state index in [2.05, 4.69) is 21.6 Å². The van der Waals surface area contributed by atoms with Crippen LogP contribution in [0.2, 0.25) is 0 Å². The lowest BCUT2D eigenvalue weighted by Gasteiger charge is -2.34. The summed E-state index contributed by atoms with van der Waals surface area (Å²) < 4.78 is 36.3. The zero-order valence-corrected chi connectivity index (χ0v) is 19.6. The molecule has 1 saturated carbocycles. The lowest BCUT2D eigenvalue weighted by Crippen LogP contribution is -2.44. The summed E-state index contributed by atoms with van der Waals surface area (Å²) in [5, 5.41) is 12.4. The van der Waals surface area contributed by atoms with E-state index in [1.165, 1.54) is 10.8 Å². The van der Waals surface area contributed by atoms with Crippen molar-refractivity contribution in [2.75, 3.05) is 24.7 Å². The second-order valence-electron chi connectivity index (χ2n) is 8.59. The fraction of sp³-hybridized carbons (Fsp3) is 0.348. The molecule has 0 unspecified atom stereocenters. The highest BCUT2D eigenvalue weighted by Gasteiger charge is 2.30. The number of aromatic nitrogens is 3. The molecule has 2 aliphatic rings. The molecule has 1 saturated heterocycles. The Morgan fingerprint density at radius 2 is 2.09 bits per heavy atom. The molecule has 0 bridgehead atoms. The van der Waals surface area contributed by atoms with Crippen LogP contribution in [-0.4, -0.2) is 61.2 Å². The second-order valence-corrected chi connectivity index (χ2v) is 10.3. The second kappa shape index (κ2) is 8.82. The molecule has 2 aromatic heterocycles. The van der Waals surface area contributed by atoms with Crippen LogP contribution in [0.5, 0.6) is 0 Å². The topological polar surface area (TPSA) is 139 Å². The Morgan fingerprint density at radius 3 is 2.82 bits per heavy atom. The minimum Gasteiger partial charge on any atom is -0.384 e. The first-order chi connectivity index (χ1) is 16.4. The lowest BCUT2D eigenvalue weighted by molar-refractivity contribution is 0.0986. The average Bonchev–Trinajstić information content (AvgIpc) is 3.52. The molecule has 1 atom stereocenters. The number of rotatable bonds is 7. The van der Waals surface area contributed by atoms with Gasteiger partial charge in [-0.3, -0.25) is 0 Å². The summed E-state index contributed by atoms with van der Waals surface area (Å²) in [6.07, 6.45) is 5.85. The molecule has 0 spiro atoms. The van der Waals surface area contributed by atoms with Crippen molar-refractivity contribution in [2.24, 2.45) is 5.73 Å². The van der Waals surface area contributed by atoms with Crippen molar-refractivity contribution < 1.29 is 13.2 Å². The van der Waals surface area contributed by atoms with Crippen molar-refractivity contribution >= 4 is 38.9 Å². The van der Waals surface area contributed by atoms with Crippen LogP contribution in [0.4, 0.5) is 5.82 Å². The van der Waals surface area contributed by atoms with Crippen LogP contribution in [0.3, 0.4) is 0 Å². The van der Waals surface area contributed by atoms with Crippen molar-refractivity contribution in [3.05, 3.63) is 42.6 Å². The molecular formula is C23H27N7O3S. The van der Waals surface area contributed by atoms with E-state index in [0.29, 0.717) is 47.7 Å². The molecular weight excluding hydrogens is 454 g/mol. The third-order valence-corrected chi connectivity index (χ3v) is 7.63. The summed E-state index contributed by atoms with van der Waals surface area (Å²) in [5.41, 5.74) is 7.91.